The molecule has 32 heavy (non-hydrogen) atoms. The first-order chi connectivity index (χ1) is 15.4. The standard InChI is InChI=1S/C21H20ClF2N7O/c22-11-7-17-27-16(10-30(17)25-8-11)13-1-2-14(13)18-28-19-15(20(32)29-18)9-26-31(19)12-3-5-21(23,24)6-4-12/h7-10,12-14H,1-6H2,(H,28,29,32)/t13-,14-/m1/s1. The maximum Gasteiger partial charge on any atom is 0.262 e. The summed E-state index contributed by atoms with van der Waals surface area (Å²) in [6.45, 7) is 0. The Morgan fingerprint density at radius 3 is 2.59 bits per heavy atom. The second-order valence-electron chi connectivity index (χ2n) is 8.80. The highest BCUT2D eigenvalue weighted by atomic mass is 35.5. The second kappa shape index (κ2) is 7.06. The molecular weight excluding hydrogens is 440 g/mol. The zero-order chi connectivity index (χ0) is 22.0. The van der Waals surface area contributed by atoms with E-state index in [1.165, 1.54) is 6.20 Å². The number of alkyl halides is 2. The number of aromatic nitrogens is 7. The number of imidazole rings is 1. The van der Waals surface area contributed by atoms with E-state index in [4.69, 9.17) is 16.6 Å². The molecule has 1 N–H and O–H groups in total. The highest BCUT2D eigenvalue weighted by Crippen LogP contribution is 2.47. The highest BCUT2D eigenvalue weighted by molar-refractivity contribution is 6.30. The molecule has 0 unspecified atom stereocenters. The predicted molar refractivity (Wildman–Crippen MR) is 113 cm³/mol. The van der Waals surface area contributed by atoms with Gasteiger partial charge in [0.25, 0.3) is 5.56 Å². The third-order valence-corrected chi connectivity index (χ3v) is 7.03. The van der Waals surface area contributed by atoms with E-state index in [9.17, 15) is 13.6 Å². The topological polar surface area (TPSA) is 93.8 Å². The van der Waals surface area contributed by atoms with E-state index < -0.39 is 5.92 Å². The number of hydrogen-bond donors (Lipinski definition) is 1. The first-order valence-electron chi connectivity index (χ1n) is 10.7. The SMILES string of the molecule is O=c1[nH]c([C@@H]2CC[C@H]2c2cn3ncc(Cl)cc3n2)nc2c1cnn2C1CCC(F)(F)CC1. The normalized spacial score (nSPS) is 23.6. The second-order valence-corrected chi connectivity index (χ2v) is 9.23. The van der Waals surface area contributed by atoms with Gasteiger partial charge in [-0.2, -0.15) is 10.2 Å². The number of nitrogens with one attached hydrogen (secondary N) is 1. The summed E-state index contributed by atoms with van der Waals surface area (Å²) in [5, 5.41) is 9.49. The van der Waals surface area contributed by atoms with E-state index in [1.807, 2.05) is 6.20 Å². The lowest BCUT2D eigenvalue weighted by Crippen LogP contribution is -2.28. The van der Waals surface area contributed by atoms with E-state index in [-0.39, 0.29) is 36.3 Å². The number of H-pyrrole nitrogens is 1. The molecule has 2 atom stereocenters. The zero-order valence-corrected chi connectivity index (χ0v) is 17.8. The molecule has 166 valence electrons. The quantitative estimate of drug-likeness (QED) is 0.495. The number of rotatable bonds is 3. The van der Waals surface area contributed by atoms with Gasteiger partial charge in [0, 0.05) is 30.7 Å². The van der Waals surface area contributed by atoms with Crippen molar-refractivity contribution in [1.29, 1.82) is 0 Å². The van der Waals surface area contributed by atoms with Gasteiger partial charge < -0.3 is 4.98 Å². The summed E-state index contributed by atoms with van der Waals surface area (Å²) in [5.74, 6) is -1.93. The molecule has 2 aliphatic carbocycles. The summed E-state index contributed by atoms with van der Waals surface area (Å²) >= 11 is 6.02. The van der Waals surface area contributed by atoms with Gasteiger partial charge in [-0.25, -0.2) is 27.9 Å². The Hall–Kier alpha value is -2.88. The Labute approximate surface area is 185 Å². The van der Waals surface area contributed by atoms with Crippen molar-refractivity contribution < 1.29 is 8.78 Å². The van der Waals surface area contributed by atoms with Crippen molar-refractivity contribution in [3.8, 4) is 0 Å². The minimum atomic E-state index is -2.62. The van der Waals surface area contributed by atoms with Gasteiger partial charge in [-0.3, -0.25) is 4.79 Å². The highest BCUT2D eigenvalue weighted by Gasteiger charge is 2.39. The summed E-state index contributed by atoms with van der Waals surface area (Å²) in [6, 6.07) is 1.57. The fourth-order valence-electron chi connectivity index (χ4n) is 4.90. The van der Waals surface area contributed by atoms with Crippen LogP contribution in [0.15, 0.2) is 29.5 Å². The molecular formula is C21H20ClF2N7O. The average Bonchev–Trinajstić information content (AvgIpc) is 3.31. The number of nitrogens with zero attached hydrogens (tertiary/aromatic N) is 6. The number of halogens is 3. The fourth-order valence-corrected chi connectivity index (χ4v) is 5.04. The van der Waals surface area contributed by atoms with E-state index in [0.717, 1.165) is 18.5 Å². The Balaban J connectivity index is 1.34. The largest absolute Gasteiger partial charge is 0.310 e. The summed E-state index contributed by atoms with van der Waals surface area (Å²) in [6.07, 6.45) is 6.99. The van der Waals surface area contributed by atoms with Gasteiger partial charge in [-0.15, -0.1) is 0 Å². The molecule has 0 radical (unpaired) electrons. The Bertz CT molecular complexity index is 1380. The molecule has 0 aromatic carbocycles. The van der Waals surface area contributed by atoms with Crippen molar-refractivity contribution in [2.45, 2.75) is 62.3 Å². The Morgan fingerprint density at radius 2 is 1.84 bits per heavy atom. The third kappa shape index (κ3) is 3.19. The van der Waals surface area contributed by atoms with Crippen molar-refractivity contribution in [1.82, 2.24) is 34.3 Å². The van der Waals surface area contributed by atoms with Crippen LogP contribution in [0.25, 0.3) is 16.7 Å². The molecule has 6 rings (SSSR count). The Morgan fingerprint density at radius 1 is 1.06 bits per heavy atom. The number of hydrogen-bond acceptors (Lipinski definition) is 5. The van der Waals surface area contributed by atoms with Crippen LogP contribution in [-0.4, -0.2) is 40.3 Å². The summed E-state index contributed by atoms with van der Waals surface area (Å²) < 4.78 is 30.6. The smallest absolute Gasteiger partial charge is 0.262 e. The third-order valence-electron chi connectivity index (χ3n) is 6.83. The van der Waals surface area contributed by atoms with Crippen molar-refractivity contribution in [3.63, 3.8) is 0 Å². The van der Waals surface area contributed by atoms with Crippen LogP contribution < -0.4 is 5.56 Å². The van der Waals surface area contributed by atoms with E-state index in [0.29, 0.717) is 40.4 Å². The number of fused-ring (bicyclic) bond motifs is 2. The molecule has 0 bridgehead atoms. The van der Waals surface area contributed by atoms with Crippen molar-refractivity contribution in [2.24, 2.45) is 0 Å². The monoisotopic (exact) mass is 459 g/mol. The molecule has 2 aliphatic rings. The van der Waals surface area contributed by atoms with Crippen LogP contribution in [0.3, 0.4) is 0 Å². The van der Waals surface area contributed by atoms with Crippen LogP contribution in [0, 0.1) is 0 Å². The van der Waals surface area contributed by atoms with Gasteiger partial charge in [-0.05, 0) is 25.7 Å². The molecule has 11 heteroatoms. The molecule has 2 fully saturated rings. The van der Waals surface area contributed by atoms with Crippen LogP contribution >= 0.6 is 11.6 Å². The van der Waals surface area contributed by atoms with Crippen LogP contribution in [0.1, 0.15) is 67.9 Å². The van der Waals surface area contributed by atoms with E-state index in [1.54, 1.807) is 21.5 Å². The molecule has 0 amide bonds. The Kier molecular flexibility index (Phi) is 4.36. The van der Waals surface area contributed by atoms with Gasteiger partial charge >= 0.3 is 0 Å². The molecule has 8 nitrogen and oxygen atoms in total. The van der Waals surface area contributed by atoms with E-state index >= 15 is 0 Å². The first-order valence-corrected chi connectivity index (χ1v) is 11.1. The minimum Gasteiger partial charge on any atom is -0.310 e. The molecule has 4 heterocycles. The van der Waals surface area contributed by atoms with Gasteiger partial charge in [0.1, 0.15) is 11.2 Å². The molecule has 0 aliphatic heterocycles. The molecule has 4 aromatic heterocycles. The van der Waals surface area contributed by atoms with Gasteiger partial charge in [0.15, 0.2) is 11.3 Å². The van der Waals surface area contributed by atoms with Crippen molar-refractivity contribution in [2.75, 3.05) is 0 Å². The number of aromatic amines is 1. The van der Waals surface area contributed by atoms with Gasteiger partial charge in [0.05, 0.1) is 35.3 Å². The van der Waals surface area contributed by atoms with Gasteiger partial charge in [0.2, 0.25) is 5.92 Å². The minimum absolute atomic E-state index is 0.00604. The fraction of sp³-hybridized carbons (Fsp3) is 0.476. The lowest BCUT2D eigenvalue weighted by atomic mass is 9.71. The molecule has 0 spiro atoms. The molecule has 2 saturated carbocycles. The van der Waals surface area contributed by atoms with Crippen LogP contribution in [0.4, 0.5) is 8.78 Å². The molecule has 0 saturated heterocycles. The zero-order valence-electron chi connectivity index (χ0n) is 17.0. The van der Waals surface area contributed by atoms with Gasteiger partial charge in [-0.1, -0.05) is 11.6 Å². The maximum atomic E-state index is 13.6. The first kappa shape index (κ1) is 19.8. The summed E-state index contributed by atoms with van der Waals surface area (Å²) in [7, 11) is 0. The van der Waals surface area contributed by atoms with Crippen LogP contribution in [0.2, 0.25) is 5.02 Å². The maximum absolute atomic E-state index is 13.6. The van der Waals surface area contributed by atoms with Crippen LogP contribution in [0.5, 0.6) is 0 Å². The molecule has 4 aromatic rings. The summed E-state index contributed by atoms with van der Waals surface area (Å²) in [4.78, 5) is 25.1. The van der Waals surface area contributed by atoms with E-state index in [2.05, 4.69) is 20.2 Å². The van der Waals surface area contributed by atoms with Crippen LogP contribution in [-0.2, 0) is 0 Å². The van der Waals surface area contributed by atoms with Crippen molar-refractivity contribution in [3.05, 3.63) is 51.6 Å². The predicted octanol–water partition coefficient (Wildman–Crippen LogP) is 4.23. The lowest BCUT2D eigenvalue weighted by molar-refractivity contribution is -0.0446. The lowest BCUT2D eigenvalue weighted by Gasteiger charge is -2.34. The van der Waals surface area contributed by atoms with Crippen molar-refractivity contribution >= 4 is 28.3 Å². The average molecular weight is 460 g/mol. The summed E-state index contributed by atoms with van der Waals surface area (Å²) in [5.41, 5.74) is 1.75.